The number of nitrogens with zero attached hydrogens (tertiary/aromatic N) is 3. The summed E-state index contributed by atoms with van der Waals surface area (Å²) in [6, 6.07) is 8.23. The third-order valence-electron chi connectivity index (χ3n) is 4.95. The molecule has 0 saturated carbocycles. The Kier molecular flexibility index (Phi) is 4.27. The summed E-state index contributed by atoms with van der Waals surface area (Å²) in [6.45, 7) is 5.36. The fourth-order valence-electron chi connectivity index (χ4n) is 3.66. The standard InChI is InChI=1S/C19H23N3OS/c1-14-5-3-9-21(12-14)19-20-17(13-24-19)15-6-2-7-16(11-15)22-10-4-8-18(22)23/h2,6-7,11,13-14H,3-5,8-10,12H2,1H3. The third-order valence-corrected chi connectivity index (χ3v) is 5.85. The molecule has 0 radical (unpaired) electrons. The summed E-state index contributed by atoms with van der Waals surface area (Å²) in [4.78, 5) is 21.1. The molecule has 2 fully saturated rings. The third kappa shape index (κ3) is 3.05. The average Bonchev–Trinajstić information content (AvgIpc) is 3.24. The summed E-state index contributed by atoms with van der Waals surface area (Å²) in [5.74, 6) is 0.976. The molecule has 4 nitrogen and oxygen atoms in total. The minimum absolute atomic E-state index is 0.230. The van der Waals surface area contributed by atoms with E-state index in [1.165, 1.54) is 12.8 Å². The van der Waals surface area contributed by atoms with Gasteiger partial charge in [0.15, 0.2) is 5.13 Å². The molecule has 1 amide bonds. The number of carbonyl (C=O) groups is 1. The Labute approximate surface area is 147 Å². The molecule has 126 valence electrons. The fourth-order valence-corrected chi connectivity index (χ4v) is 4.53. The van der Waals surface area contributed by atoms with Gasteiger partial charge in [-0.2, -0.15) is 0 Å². The number of piperidine rings is 1. The van der Waals surface area contributed by atoms with Crippen molar-refractivity contribution in [2.24, 2.45) is 5.92 Å². The lowest BCUT2D eigenvalue weighted by Gasteiger charge is -2.30. The number of rotatable bonds is 3. The number of carbonyl (C=O) groups excluding carboxylic acids is 1. The van der Waals surface area contributed by atoms with Crippen molar-refractivity contribution < 1.29 is 4.79 Å². The van der Waals surface area contributed by atoms with Gasteiger partial charge in [0.1, 0.15) is 0 Å². The molecule has 1 aromatic heterocycles. The van der Waals surface area contributed by atoms with Crippen LogP contribution >= 0.6 is 11.3 Å². The molecule has 5 heteroatoms. The molecular weight excluding hydrogens is 318 g/mol. The monoisotopic (exact) mass is 341 g/mol. The Balaban J connectivity index is 1.57. The van der Waals surface area contributed by atoms with E-state index in [1.807, 2.05) is 17.0 Å². The number of hydrogen-bond acceptors (Lipinski definition) is 4. The van der Waals surface area contributed by atoms with Crippen LogP contribution < -0.4 is 9.80 Å². The first kappa shape index (κ1) is 15.6. The Morgan fingerprint density at radius 3 is 2.96 bits per heavy atom. The Hall–Kier alpha value is -1.88. The zero-order valence-electron chi connectivity index (χ0n) is 14.1. The summed E-state index contributed by atoms with van der Waals surface area (Å²) in [5.41, 5.74) is 3.11. The van der Waals surface area contributed by atoms with Gasteiger partial charge in [-0.15, -0.1) is 11.3 Å². The molecule has 24 heavy (non-hydrogen) atoms. The largest absolute Gasteiger partial charge is 0.348 e. The molecule has 2 aromatic rings. The molecule has 4 rings (SSSR count). The van der Waals surface area contributed by atoms with Gasteiger partial charge in [0.2, 0.25) is 5.91 Å². The second kappa shape index (κ2) is 6.55. The lowest BCUT2D eigenvalue weighted by molar-refractivity contribution is -0.117. The highest BCUT2D eigenvalue weighted by Crippen LogP contribution is 2.32. The number of hydrogen-bond donors (Lipinski definition) is 0. The molecule has 1 aromatic carbocycles. The van der Waals surface area contributed by atoms with Gasteiger partial charge >= 0.3 is 0 Å². The maximum Gasteiger partial charge on any atom is 0.227 e. The molecule has 0 bridgehead atoms. The summed E-state index contributed by atoms with van der Waals surface area (Å²) in [7, 11) is 0. The highest BCUT2D eigenvalue weighted by molar-refractivity contribution is 7.14. The summed E-state index contributed by atoms with van der Waals surface area (Å²) >= 11 is 1.73. The van der Waals surface area contributed by atoms with Crippen LogP contribution in [0.5, 0.6) is 0 Å². The highest BCUT2D eigenvalue weighted by Gasteiger charge is 2.22. The first-order valence-corrected chi connectivity index (χ1v) is 9.70. The highest BCUT2D eigenvalue weighted by atomic mass is 32.1. The van der Waals surface area contributed by atoms with Crippen molar-refractivity contribution in [2.75, 3.05) is 29.4 Å². The number of benzene rings is 1. The second-order valence-electron chi connectivity index (χ2n) is 6.91. The smallest absolute Gasteiger partial charge is 0.227 e. The van der Waals surface area contributed by atoms with Crippen LogP contribution in [0.1, 0.15) is 32.6 Å². The van der Waals surface area contributed by atoms with Crippen molar-refractivity contribution in [2.45, 2.75) is 32.6 Å². The molecule has 3 heterocycles. The van der Waals surface area contributed by atoms with Gasteiger partial charge < -0.3 is 9.80 Å². The van der Waals surface area contributed by atoms with Crippen molar-refractivity contribution in [1.29, 1.82) is 0 Å². The Morgan fingerprint density at radius 1 is 1.25 bits per heavy atom. The fraction of sp³-hybridized carbons (Fsp3) is 0.474. The molecule has 2 saturated heterocycles. The van der Waals surface area contributed by atoms with Gasteiger partial charge in [-0.1, -0.05) is 19.1 Å². The van der Waals surface area contributed by atoms with E-state index < -0.39 is 0 Å². The number of aromatic nitrogens is 1. The molecule has 0 aliphatic carbocycles. The minimum Gasteiger partial charge on any atom is -0.348 e. The first-order chi connectivity index (χ1) is 11.7. The van der Waals surface area contributed by atoms with Crippen LogP contribution in [-0.4, -0.2) is 30.5 Å². The normalized spacial score (nSPS) is 21.5. The maximum atomic E-state index is 12.0. The van der Waals surface area contributed by atoms with Crippen molar-refractivity contribution >= 4 is 28.1 Å². The molecule has 2 aliphatic heterocycles. The van der Waals surface area contributed by atoms with Crippen LogP contribution in [0, 0.1) is 5.92 Å². The number of amides is 1. The maximum absolute atomic E-state index is 12.0. The predicted octanol–water partition coefficient (Wildman–Crippen LogP) is 4.17. The quantitative estimate of drug-likeness (QED) is 0.840. The SMILES string of the molecule is CC1CCCN(c2nc(-c3cccc(N4CCCC4=O)c3)cs2)C1. The van der Waals surface area contributed by atoms with Crippen LogP contribution in [0.15, 0.2) is 29.6 Å². The Bertz CT molecular complexity index is 742. The van der Waals surface area contributed by atoms with E-state index in [2.05, 4.69) is 29.3 Å². The zero-order chi connectivity index (χ0) is 16.5. The van der Waals surface area contributed by atoms with E-state index in [-0.39, 0.29) is 5.91 Å². The van der Waals surface area contributed by atoms with Crippen LogP contribution in [0.3, 0.4) is 0 Å². The second-order valence-corrected chi connectivity index (χ2v) is 7.74. The van der Waals surface area contributed by atoms with Gasteiger partial charge in [0.25, 0.3) is 0 Å². The van der Waals surface area contributed by atoms with E-state index in [4.69, 9.17) is 4.98 Å². The molecule has 2 aliphatic rings. The van der Waals surface area contributed by atoms with Crippen molar-refractivity contribution in [3.8, 4) is 11.3 Å². The first-order valence-electron chi connectivity index (χ1n) is 8.82. The van der Waals surface area contributed by atoms with E-state index >= 15 is 0 Å². The van der Waals surface area contributed by atoms with Gasteiger partial charge in [-0.25, -0.2) is 4.98 Å². The number of anilines is 2. The predicted molar refractivity (Wildman–Crippen MR) is 99.7 cm³/mol. The van der Waals surface area contributed by atoms with E-state index in [1.54, 1.807) is 11.3 Å². The van der Waals surface area contributed by atoms with Crippen LogP contribution in [0.2, 0.25) is 0 Å². The molecule has 1 atom stereocenters. The van der Waals surface area contributed by atoms with Crippen molar-refractivity contribution in [3.05, 3.63) is 29.6 Å². The summed E-state index contributed by atoms with van der Waals surface area (Å²) in [5, 5.41) is 3.26. The molecule has 1 unspecified atom stereocenters. The average molecular weight is 341 g/mol. The molecule has 0 spiro atoms. The number of thiazole rings is 1. The van der Waals surface area contributed by atoms with Gasteiger partial charge in [0, 0.05) is 42.7 Å². The van der Waals surface area contributed by atoms with Crippen molar-refractivity contribution in [1.82, 2.24) is 4.98 Å². The van der Waals surface area contributed by atoms with E-state index in [9.17, 15) is 4.79 Å². The minimum atomic E-state index is 0.230. The van der Waals surface area contributed by atoms with Crippen molar-refractivity contribution in [3.63, 3.8) is 0 Å². The summed E-state index contributed by atoms with van der Waals surface area (Å²) in [6.07, 6.45) is 4.19. The molecular formula is C19H23N3OS. The topological polar surface area (TPSA) is 36.4 Å². The zero-order valence-corrected chi connectivity index (χ0v) is 14.9. The van der Waals surface area contributed by atoms with Crippen LogP contribution in [0.25, 0.3) is 11.3 Å². The Morgan fingerprint density at radius 2 is 2.17 bits per heavy atom. The van der Waals surface area contributed by atoms with Crippen LogP contribution in [0.4, 0.5) is 10.8 Å². The van der Waals surface area contributed by atoms with Gasteiger partial charge in [0.05, 0.1) is 5.69 Å². The lowest BCUT2D eigenvalue weighted by atomic mass is 10.0. The summed E-state index contributed by atoms with van der Waals surface area (Å²) < 4.78 is 0. The van der Waals surface area contributed by atoms with E-state index in [0.29, 0.717) is 6.42 Å². The molecule has 0 N–H and O–H groups in total. The van der Waals surface area contributed by atoms with Gasteiger partial charge in [-0.3, -0.25) is 4.79 Å². The lowest BCUT2D eigenvalue weighted by Crippen LogP contribution is -2.34. The van der Waals surface area contributed by atoms with Gasteiger partial charge in [-0.05, 0) is 37.3 Å². The van der Waals surface area contributed by atoms with E-state index in [0.717, 1.165) is 54.0 Å². The van der Waals surface area contributed by atoms with Crippen LogP contribution in [-0.2, 0) is 4.79 Å².